The van der Waals surface area contributed by atoms with Crippen LogP contribution in [0.5, 0.6) is 11.5 Å². The van der Waals surface area contributed by atoms with Crippen molar-refractivity contribution in [2.45, 2.75) is 35.9 Å². The molecular formula is C23H31N3O9S2-2. The predicted molar refractivity (Wildman–Crippen MR) is 131 cm³/mol. The Hall–Kier alpha value is -2.30. The molecule has 12 nitrogen and oxygen atoms in total. The van der Waals surface area contributed by atoms with Crippen LogP contribution in [0.2, 0.25) is 0 Å². The summed E-state index contributed by atoms with van der Waals surface area (Å²) in [4.78, 5) is 5.08. The highest BCUT2D eigenvalue weighted by molar-refractivity contribution is 7.86. The van der Waals surface area contributed by atoms with E-state index in [0.717, 1.165) is 24.3 Å². The summed E-state index contributed by atoms with van der Waals surface area (Å²) < 4.78 is 68.7. The Morgan fingerprint density at radius 1 is 0.730 bits per heavy atom. The molecule has 0 bridgehead atoms. The van der Waals surface area contributed by atoms with E-state index in [1.807, 2.05) is 14.7 Å². The van der Waals surface area contributed by atoms with Gasteiger partial charge in [0.15, 0.2) is 0 Å². The van der Waals surface area contributed by atoms with Crippen LogP contribution in [-0.4, -0.2) is 108 Å². The zero-order valence-electron chi connectivity index (χ0n) is 20.4. The molecule has 1 saturated heterocycles. The third-order valence-corrected chi connectivity index (χ3v) is 7.85. The molecule has 206 valence electrons. The maximum Gasteiger partial charge on any atom is 0.124 e. The predicted octanol–water partition coefficient (Wildman–Crippen LogP) is -0.0934. The van der Waals surface area contributed by atoms with E-state index in [1.165, 1.54) is 12.1 Å². The van der Waals surface area contributed by atoms with Crippen LogP contribution in [0.3, 0.4) is 0 Å². The van der Waals surface area contributed by atoms with Gasteiger partial charge in [0.1, 0.15) is 31.7 Å². The van der Waals surface area contributed by atoms with Crippen molar-refractivity contribution in [3.8, 4) is 11.5 Å². The number of β-amino-alcohol motifs (C(OH)–C–C–N with tert-alkyl or cyclic N) is 1. The summed E-state index contributed by atoms with van der Waals surface area (Å²) in [5.41, 5.74) is 0.548. The van der Waals surface area contributed by atoms with Gasteiger partial charge in [-0.3, -0.25) is 14.7 Å². The van der Waals surface area contributed by atoms with Gasteiger partial charge in [-0.15, -0.1) is 0 Å². The molecule has 2 aromatic rings. The van der Waals surface area contributed by atoms with Gasteiger partial charge in [0.2, 0.25) is 0 Å². The van der Waals surface area contributed by atoms with E-state index >= 15 is 0 Å². The highest BCUT2D eigenvalue weighted by Gasteiger charge is 2.20. The van der Waals surface area contributed by atoms with Crippen molar-refractivity contribution in [3.05, 3.63) is 47.5 Å². The molecule has 0 aliphatic carbocycles. The van der Waals surface area contributed by atoms with E-state index < -0.39 is 36.1 Å². The normalized spacial score (nSPS) is 18.2. The topological polar surface area (TPSA) is 185 Å². The summed E-state index contributed by atoms with van der Waals surface area (Å²) in [6.07, 6.45) is -0.589. The lowest BCUT2D eigenvalue weighted by atomic mass is 10.1. The number of rotatable bonds is 8. The van der Waals surface area contributed by atoms with E-state index in [2.05, 4.69) is 0 Å². The second kappa shape index (κ2) is 12.0. The van der Waals surface area contributed by atoms with Crippen LogP contribution in [0, 0.1) is 0 Å². The highest BCUT2D eigenvalue weighted by atomic mass is 32.2. The molecule has 0 unspecified atom stereocenters. The Morgan fingerprint density at radius 2 is 1.08 bits per heavy atom. The van der Waals surface area contributed by atoms with Crippen molar-refractivity contribution in [2.75, 3.05) is 45.8 Å². The van der Waals surface area contributed by atoms with Gasteiger partial charge in [0, 0.05) is 70.0 Å². The minimum atomic E-state index is -4.70. The average molecular weight is 558 g/mol. The fourth-order valence-electron chi connectivity index (χ4n) is 4.23. The van der Waals surface area contributed by atoms with Crippen molar-refractivity contribution in [1.29, 1.82) is 0 Å². The van der Waals surface area contributed by atoms with Gasteiger partial charge in [-0.25, -0.2) is 16.8 Å². The summed E-state index contributed by atoms with van der Waals surface area (Å²) >= 11 is 0. The Balaban J connectivity index is 1.84. The Labute approximate surface area is 216 Å². The van der Waals surface area contributed by atoms with E-state index in [4.69, 9.17) is 0 Å². The Kier molecular flexibility index (Phi) is 9.52. The summed E-state index contributed by atoms with van der Waals surface area (Å²) in [6, 6.07) is 6.75. The molecule has 0 amide bonds. The molecule has 0 spiro atoms. The zero-order valence-corrected chi connectivity index (χ0v) is 22.0. The molecule has 14 heteroatoms. The molecule has 3 N–H and O–H groups in total. The average Bonchev–Trinajstić information content (AvgIpc) is 2.87. The van der Waals surface area contributed by atoms with Crippen molar-refractivity contribution >= 4 is 20.2 Å². The second-order valence-electron chi connectivity index (χ2n) is 9.19. The van der Waals surface area contributed by atoms with Gasteiger partial charge in [-0.05, 0) is 43.3 Å². The zero-order chi connectivity index (χ0) is 27.4. The molecule has 2 aromatic carbocycles. The first kappa shape index (κ1) is 29.3. The van der Waals surface area contributed by atoms with Gasteiger partial charge in [-0.1, -0.05) is 0 Å². The number of benzene rings is 2. The monoisotopic (exact) mass is 557 g/mol. The molecule has 0 radical (unpaired) electrons. The van der Waals surface area contributed by atoms with Gasteiger partial charge in [-0.2, -0.15) is 0 Å². The number of nitrogens with zero attached hydrogens (tertiary/aromatic N) is 3. The molecule has 1 aliphatic heterocycles. The van der Waals surface area contributed by atoms with Gasteiger partial charge >= 0.3 is 0 Å². The highest BCUT2D eigenvalue weighted by Crippen LogP contribution is 2.25. The van der Waals surface area contributed by atoms with Crippen LogP contribution in [-0.2, 0) is 33.3 Å². The van der Waals surface area contributed by atoms with E-state index in [9.17, 15) is 41.3 Å². The largest absolute Gasteiger partial charge is 0.744 e. The molecule has 1 fully saturated rings. The molecule has 0 aromatic heterocycles. The van der Waals surface area contributed by atoms with Crippen LogP contribution < -0.4 is 0 Å². The molecule has 3 rings (SSSR count). The van der Waals surface area contributed by atoms with Crippen LogP contribution in [0.15, 0.2) is 46.2 Å². The minimum absolute atomic E-state index is 0.148. The fourth-order valence-corrected chi connectivity index (χ4v) is 5.27. The van der Waals surface area contributed by atoms with Crippen molar-refractivity contribution in [2.24, 2.45) is 0 Å². The lowest BCUT2D eigenvalue weighted by Gasteiger charge is -2.27. The maximum atomic E-state index is 11.4. The third-order valence-electron chi connectivity index (χ3n) is 6.19. The molecular weight excluding hydrogens is 526 g/mol. The van der Waals surface area contributed by atoms with E-state index in [1.54, 1.807) is 6.92 Å². The molecule has 37 heavy (non-hydrogen) atoms. The first-order chi connectivity index (χ1) is 17.2. The van der Waals surface area contributed by atoms with Gasteiger partial charge in [0.25, 0.3) is 0 Å². The van der Waals surface area contributed by atoms with E-state index in [0.29, 0.717) is 45.8 Å². The standard InChI is InChI=1S/C23H33N3O9S2/c1-17(27)14-24-6-8-25(15-18-12-20(36(30,31)32)2-4-22(18)28)10-11-26(9-7-24)16-19-13-21(37(33,34)35)3-5-23(19)29/h2-5,12-13,17,27-29H,6-11,14-16H2,1H3,(H,30,31,32)(H,33,34,35)/p-2/t17-/m0/s1. The molecule has 1 heterocycles. The SMILES string of the molecule is C[C@H](O)CN1CCN(Cc2cc(S(=O)(=O)[O-])ccc2O)CCN(Cc2cc(S(=O)(=O)[O-])ccc2O)CC1. The smallest absolute Gasteiger partial charge is 0.124 e. The third kappa shape index (κ3) is 8.61. The van der Waals surface area contributed by atoms with Gasteiger partial charge < -0.3 is 24.4 Å². The van der Waals surface area contributed by atoms with Crippen LogP contribution in [0.1, 0.15) is 18.1 Å². The minimum Gasteiger partial charge on any atom is -0.744 e. The van der Waals surface area contributed by atoms with Crippen LogP contribution >= 0.6 is 0 Å². The van der Waals surface area contributed by atoms with Crippen molar-refractivity contribution in [3.63, 3.8) is 0 Å². The summed E-state index contributed by atoms with van der Waals surface area (Å²) in [7, 11) is -9.40. The Bertz CT molecular complexity index is 1210. The number of aromatic hydroxyl groups is 2. The number of aliphatic hydroxyl groups is 1. The van der Waals surface area contributed by atoms with Crippen molar-refractivity contribution in [1.82, 2.24) is 14.7 Å². The summed E-state index contributed by atoms with van der Waals surface area (Å²) in [5.74, 6) is -0.295. The lowest BCUT2D eigenvalue weighted by Crippen LogP contribution is -2.39. The Morgan fingerprint density at radius 3 is 1.41 bits per heavy atom. The summed E-state index contributed by atoms with van der Waals surface area (Å²) in [5, 5.41) is 30.5. The second-order valence-corrected chi connectivity index (χ2v) is 12.0. The number of hydrogen-bond donors (Lipinski definition) is 3. The number of phenolic OH excluding ortho intramolecular Hbond substituents is 2. The molecule has 0 saturated carbocycles. The number of hydrogen-bond acceptors (Lipinski definition) is 12. The quantitative estimate of drug-likeness (QED) is 0.367. The van der Waals surface area contributed by atoms with Crippen LogP contribution in [0.4, 0.5) is 0 Å². The fraction of sp³-hybridized carbons (Fsp3) is 0.478. The van der Waals surface area contributed by atoms with Gasteiger partial charge in [0.05, 0.1) is 15.9 Å². The lowest BCUT2D eigenvalue weighted by molar-refractivity contribution is 0.115. The first-order valence-electron chi connectivity index (χ1n) is 11.6. The molecule has 1 aliphatic rings. The molecule has 1 atom stereocenters. The van der Waals surface area contributed by atoms with E-state index in [-0.39, 0.29) is 35.7 Å². The number of aliphatic hydroxyl groups excluding tert-OH is 1. The maximum absolute atomic E-state index is 11.4. The van der Waals surface area contributed by atoms with Crippen LogP contribution in [0.25, 0.3) is 0 Å². The van der Waals surface area contributed by atoms with Crippen molar-refractivity contribution < 1.29 is 41.3 Å². The summed E-state index contributed by atoms with van der Waals surface area (Å²) in [6.45, 7) is 5.44. The first-order valence-corrected chi connectivity index (χ1v) is 14.4. The number of phenols is 2.